The van der Waals surface area contributed by atoms with Gasteiger partial charge in [0, 0.05) is 50.1 Å². The van der Waals surface area contributed by atoms with Gasteiger partial charge in [0.25, 0.3) is 5.91 Å². The lowest BCUT2D eigenvalue weighted by Crippen LogP contribution is -2.35. The topological polar surface area (TPSA) is 62.5 Å². The molecule has 1 saturated carbocycles. The Hall–Kier alpha value is -1.73. The Morgan fingerprint density at radius 2 is 2.22 bits per heavy atom. The van der Waals surface area contributed by atoms with Gasteiger partial charge in [-0.15, -0.1) is 11.3 Å². The van der Waals surface area contributed by atoms with Gasteiger partial charge in [-0.1, -0.05) is 5.16 Å². The van der Waals surface area contributed by atoms with Gasteiger partial charge in [0.1, 0.15) is 5.76 Å². The monoisotopic (exact) mass is 332 g/mol. The van der Waals surface area contributed by atoms with Crippen molar-refractivity contribution in [2.75, 3.05) is 26.2 Å². The second kappa shape index (κ2) is 6.41. The van der Waals surface area contributed by atoms with E-state index < -0.39 is 0 Å². The number of hydrogen-bond donors (Lipinski definition) is 0. The van der Waals surface area contributed by atoms with Crippen molar-refractivity contribution < 1.29 is 9.32 Å². The molecule has 122 valence electrons. The van der Waals surface area contributed by atoms with Crippen LogP contribution >= 0.6 is 11.3 Å². The molecule has 0 N–H and O–H groups in total. The van der Waals surface area contributed by atoms with Crippen molar-refractivity contribution in [3.05, 3.63) is 34.1 Å². The molecule has 2 aromatic rings. The Bertz CT molecular complexity index is 665. The van der Waals surface area contributed by atoms with Crippen molar-refractivity contribution in [1.29, 1.82) is 0 Å². The first-order valence-corrected chi connectivity index (χ1v) is 9.09. The van der Waals surface area contributed by atoms with Crippen molar-refractivity contribution in [3.8, 4) is 0 Å². The Morgan fingerprint density at radius 3 is 3.00 bits per heavy atom. The average Bonchev–Trinajstić information content (AvgIpc) is 3.15. The molecule has 0 spiro atoms. The molecular weight excluding hydrogens is 312 g/mol. The van der Waals surface area contributed by atoms with E-state index in [9.17, 15) is 4.79 Å². The molecule has 23 heavy (non-hydrogen) atoms. The standard InChI is InChI=1S/C16H20N4O2S/c21-16(14-8-15(22-18-14)12-2-3-12)20-5-1-4-19(6-7-20)9-13-10-23-11-17-13/h8,10-12H,1-7,9H2. The molecule has 0 unspecified atom stereocenters. The highest BCUT2D eigenvalue weighted by atomic mass is 32.1. The molecule has 4 rings (SSSR count). The van der Waals surface area contributed by atoms with Crippen LogP contribution in [-0.2, 0) is 6.54 Å². The molecular formula is C16H20N4O2S. The molecule has 2 aliphatic rings. The minimum absolute atomic E-state index is 0.00356. The summed E-state index contributed by atoms with van der Waals surface area (Å²) in [5, 5.41) is 6.06. The quantitative estimate of drug-likeness (QED) is 0.860. The van der Waals surface area contributed by atoms with Crippen molar-refractivity contribution in [2.45, 2.75) is 31.7 Å². The minimum atomic E-state index is -0.00356. The molecule has 1 aliphatic heterocycles. The van der Waals surface area contributed by atoms with Crippen LogP contribution in [0.4, 0.5) is 0 Å². The number of nitrogens with zero attached hydrogens (tertiary/aromatic N) is 4. The lowest BCUT2D eigenvalue weighted by molar-refractivity contribution is 0.0750. The summed E-state index contributed by atoms with van der Waals surface area (Å²) in [6.45, 7) is 4.23. The van der Waals surface area contributed by atoms with Crippen molar-refractivity contribution in [2.24, 2.45) is 0 Å². The molecule has 0 aromatic carbocycles. The van der Waals surface area contributed by atoms with Gasteiger partial charge >= 0.3 is 0 Å². The third-order valence-electron chi connectivity index (χ3n) is 4.47. The molecule has 2 aromatic heterocycles. The van der Waals surface area contributed by atoms with Gasteiger partial charge < -0.3 is 9.42 Å². The van der Waals surface area contributed by atoms with Gasteiger partial charge in [-0.25, -0.2) is 4.98 Å². The molecule has 1 aliphatic carbocycles. The minimum Gasteiger partial charge on any atom is -0.360 e. The highest BCUT2D eigenvalue weighted by molar-refractivity contribution is 7.07. The predicted octanol–water partition coefficient (Wildman–Crippen LogP) is 2.36. The van der Waals surface area contributed by atoms with Crippen LogP contribution < -0.4 is 0 Å². The Morgan fingerprint density at radius 1 is 1.30 bits per heavy atom. The lowest BCUT2D eigenvalue weighted by Gasteiger charge is -2.20. The number of thiazole rings is 1. The van der Waals surface area contributed by atoms with Gasteiger partial charge in [0.05, 0.1) is 11.2 Å². The fourth-order valence-electron chi connectivity index (χ4n) is 2.99. The Kier molecular flexibility index (Phi) is 4.13. The number of hydrogen-bond acceptors (Lipinski definition) is 6. The molecule has 6 nitrogen and oxygen atoms in total. The summed E-state index contributed by atoms with van der Waals surface area (Å²) in [6.07, 6.45) is 3.28. The molecule has 3 heterocycles. The van der Waals surface area contributed by atoms with E-state index in [0.717, 1.165) is 63.4 Å². The first-order valence-electron chi connectivity index (χ1n) is 8.15. The van der Waals surface area contributed by atoms with Crippen LogP contribution in [-0.4, -0.2) is 52.0 Å². The maximum Gasteiger partial charge on any atom is 0.276 e. The zero-order chi connectivity index (χ0) is 15.6. The highest BCUT2D eigenvalue weighted by Crippen LogP contribution is 2.40. The average molecular weight is 332 g/mol. The molecule has 0 atom stereocenters. The first-order chi connectivity index (χ1) is 11.3. The largest absolute Gasteiger partial charge is 0.360 e. The van der Waals surface area contributed by atoms with Crippen LogP contribution in [0.5, 0.6) is 0 Å². The van der Waals surface area contributed by atoms with Gasteiger partial charge in [-0.05, 0) is 19.3 Å². The van der Waals surface area contributed by atoms with E-state index in [-0.39, 0.29) is 5.91 Å². The van der Waals surface area contributed by atoms with Crippen molar-refractivity contribution in [1.82, 2.24) is 19.9 Å². The van der Waals surface area contributed by atoms with E-state index >= 15 is 0 Å². The summed E-state index contributed by atoms with van der Waals surface area (Å²) in [7, 11) is 0. The van der Waals surface area contributed by atoms with E-state index in [1.54, 1.807) is 11.3 Å². The Balaban J connectivity index is 1.36. The van der Waals surface area contributed by atoms with Gasteiger partial charge in [0.2, 0.25) is 0 Å². The van der Waals surface area contributed by atoms with E-state index in [1.807, 2.05) is 16.5 Å². The lowest BCUT2D eigenvalue weighted by atomic mass is 10.2. The molecule has 2 fully saturated rings. The van der Waals surface area contributed by atoms with Crippen LogP contribution in [0.1, 0.15) is 47.1 Å². The predicted molar refractivity (Wildman–Crippen MR) is 86.4 cm³/mol. The summed E-state index contributed by atoms with van der Waals surface area (Å²) in [4.78, 5) is 21.2. The fourth-order valence-corrected chi connectivity index (χ4v) is 3.54. The summed E-state index contributed by atoms with van der Waals surface area (Å²) >= 11 is 1.62. The number of amides is 1. The second-order valence-electron chi connectivity index (χ2n) is 6.29. The second-order valence-corrected chi connectivity index (χ2v) is 7.01. The van der Waals surface area contributed by atoms with Crippen LogP contribution in [0.3, 0.4) is 0 Å². The van der Waals surface area contributed by atoms with Gasteiger partial charge in [-0.3, -0.25) is 9.69 Å². The molecule has 7 heteroatoms. The molecule has 0 radical (unpaired) electrons. The highest BCUT2D eigenvalue weighted by Gasteiger charge is 2.30. The SMILES string of the molecule is O=C(c1cc(C2CC2)on1)N1CCCN(Cc2cscn2)CC1. The summed E-state index contributed by atoms with van der Waals surface area (Å²) in [5.74, 6) is 1.35. The van der Waals surface area contributed by atoms with Gasteiger partial charge in [0.15, 0.2) is 5.69 Å². The number of carbonyl (C=O) groups is 1. The van der Waals surface area contributed by atoms with Crippen molar-refractivity contribution >= 4 is 17.2 Å². The van der Waals surface area contributed by atoms with E-state index in [2.05, 4.69) is 20.4 Å². The first kappa shape index (κ1) is 14.8. The summed E-state index contributed by atoms with van der Waals surface area (Å²) in [5.41, 5.74) is 3.44. The number of carbonyl (C=O) groups excluding carboxylic acids is 1. The number of aromatic nitrogens is 2. The number of rotatable bonds is 4. The van der Waals surface area contributed by atoms with Crippen LogP contribution in [0.15, 0.2) is 21.5 Å². The maximum absolute atomic E-state index is 12.6. The normalized spacial score (nSPS) is 19.7. The molecule has 0 bridgehead atoms. The molecule has 1 saturated heterocycles. The fraction of sp³-hybridized carbons (Fsp3) is 0.562. The van der Waals surface area contributed by atoms with Crippen LogP contribution in [0.25, 0.3) is 0 Å². The van der Waals surface area contributed by atoms with E-state index in [4.69, 9.17) is 4.52 Å². The van der Waals surface area contributed by atoms with Crippen LogP contribution in [0.2, 0.25) is 0 Å². The van der Waals surface area contributed by atoms with E-state index in [0.29, 0.717) is 11.6 Å². The third kappa shape index (κ3) is 3.45. The smallest absolute Gasteiger partial charge is 0.276 e. The van der Waals surface area contributed by atoms with Gasteiger partial charge in [-0.2, -0.15) is 0 Å². The van der Waals surface area contributed by atoms with E-state index in [1.165, 1.54) is 0 Å². The van der Waals surface area contributed by atoms with Crippen molar-refractivity contribution in [3.63, 3.8) is 0 Å². The summed E-state index contributed by atoms with van der Waals surface area (Å²) < 4.78 is 5.31. The summed E-state index contributed by atoms with van der Waals surface area (Å²) in [6, 6.07) is 1.83. The molecule has 1 amide bonds. The van der Waals surface area contributed by atoms with Crippen LogP contribution in [0, 0.1) is 0 Å². The third-order valence-corrected chi connectivity index (χ3v) is 5.11. The zero-order valence-corrected chi connectivity index (χ0v) is 13.8. The zero-order valence-electron chi connectivity index (χ0n) is 13.0. The maximum atomic E-state index is 12.6. The Labute approximate surface area is 139 Å².